The highest BCUT2D eigenvalue weighted by Gasteiger charge is 2.48. The number of fused-ring (bicyclic) bond motifs is 2. The number of nitrogens with zero attached hydrogens (tertiary/aromatic N) is 2. The third-order valence-corrected chi connectivity index (χ3v) is 8.43. The summed E-state index contributed by atoms with van der Waals surface area (Å²) in [4.78, 5) is 15.1. The van der Waals surface area contributed by atoms with E-state index in [-0.39, 0.29) is 22.9 Å². The molecule has 0 N–H and O–H groups in total. The fraction of sp³-hybridized carbons (Fsp3) is 0.409. The van der Waals surface area contributed by atoms with Gasteiger partial charge in [0, 0.05) is 29.6 Å². The fourth-order valence-electron chi connectivity index (χ4n) is 5.25. The maximum absolute atomic E-state index is 14.8. The lowest BCUT2D eigenvalue weighted by atomic mass is 9.80. The number of rotatable bonds is 2. The average Bonchev–Trinajstić information content (AvgIpc) is 3.40. The molecule has 0 radical (unpaired) electrons. The molecule has 2 aromatic carbocycles. The first-order chi connectivity index (χ1) is 13.9. The highest BCUT2D eigenvalue weighted by atomic mass is 32.2. The number of carbonyl (C=O) groups excluding carboxylic acids is 1. The summed E-state index contributed by atoms with van der Waals surface area (Å²) >= 11 is 0. The third-order valence-electron chi connectivity index (χ3n) is 6.56. The van der Waals surface area contributed by atoms with Crippen LogP contribution in [0.5, 0.6) is 0 Å². The van der Waals surface area contributed by atoms with Crippen LogP contribution in [-0.4, -0.2) is 33.2 Å². The van der Waals surface area contributed by atoms with Crippen molar-refractivity contribution in [3.63, 3.8) is 0 Å². The molecule has 5 nitrogen and oxygen atoms in total. The molecule has 1 spiro atoms. The maximum Gasteiger partial charge on any atom is 0.258 e. The molecule has 2 heterocycles. The van der Waals surface area contributed by atoms with Gasteiger partial charge in [-0.05, 0) is 49.6 Å². The smallest absolute Gasteiger partial charge is 0.258 e. The Morgan fingerprint density at radius 1 is 1.03 bits per heavy atom. The Kier molecular flexibility index (Phi) is 4.21. The van der Waals surface area contributed by atoms with Gasteiger partial charge in [0.1, 0.15) is 5.82 Å². The Morgan fingerprint density at radius 3 is 2.52 bits per heavy atom. The van der Waals surface area contributed by atoms with Gasteiger partial charge in [0.15, 0.2) is 0 Å². The first-order valence-corrected chi connectivity index (χ1v) is 11.7. The predicted octanol–water partition coefficient (Wildman–Crippen LogP) is 3.84. The molecule has 2 aliphatic heterocycles. The first kappa shape index (κ1) is 18.6. The normalized spacial score (nSPS) is 21.7. The van der Waals surface area contributed by atoms with Crippen LogP contribution in [0.4, 0.5) is 15.8 Å². The molecular formula is C22H23FN2O3S. The molecular weight excluding hydrogens is 391 g/mol. The van der Waals surface area contributed by atoms with Gasteiger partial charge < -0.3 is 4.90 Å². The molecule has 1 saturated heterocycles. The van der Waals surface area contributed by atoms with Crippen molar-refractivity contribution in [1.82, 2.24) is 0 Å². The number of anilines is 2. The summed E-state index contributed by atoms with van der Waals surface area (Å²) in [6.07, 6.45) is 4.44. The van der Waals surface area contributed by atoms with Gasteiger partial charge in [-0.2, -0.15) is 0 Å². The molecule has 0 aromatic heterocycles. The lowest BCUT2D eigenvalue weighted by molar-refractivity contribution is 0.0985. The monoisotopic (exact) mass is 414 g/mol. The number of hydrogen-bond acceptors (Lipinski definition) is 3. The summed E-state index contributed by atoms with van der Waals surface area (Å²) in [6, 6.07) is 11.7. The standard InChI is InChI=1S/C22H23FN2O3S/c23-18-8-4-9-19-20(18)22(10-1-2-11-22)15-24(19)21(26)16-6-3-7-17(14-16)25-12-5-13-29(25,27)28/h3-4,6-9,14H,1-2,5,10-13,15H2. The van der Waals surface area contributed by atoms with Crippen molar-refractivity contribution in [2.45, 2.75) is 37.5 Å². The number of carbonyl (C=O) groups is 1. The summed E-state index contributed by atoms with van der Waals surface area (Å²) in [7, 11) is -3.32. The zero-order valence-electron chi connectivity index (χ0n) is 16.1. The molecule has 2 fully saturated rings. The Labute approximate surface area is 170 Å². The van der Waals surface area contributed by atoms with Gasteiger partial charge in [-0.3, -0.25) is 9.10 Å². The van der Waals surface area contributed by atoms with E-state index in [1.165, 1.54) is 10.4 Å². The zero-order chi connectivity index (χ0) is 20.2. The van der Waals surface area contributed by atoms with Crippen molar-refractivity contribution in [3.8, 4) is 0 Å². The van der Waals surface area contributed by atoms with Crippen molar-refractivity contribution in [2.75, 3.05) is 28.0 Å². The second kappa shape index (κ2) is 6.55. The van der Waals surface area contributed by atoms with Crippen LogP contribution in [0.25, 0.3) is 0 Å². The highest BCUT2D eigenvalue weighted by molar-refractivity contribution is 7.93. The van der Waals surface area contributed by atoms with Crippen LogP contribution in [0.15, 0.2) is 42.5 Å². The molecule has 152 valence electrons. The number of sulfonamides is 1. The van der Waals surface area contributed by atoms with Crippen molar-refractivity contribution in [2.24, 2.45) is 0 Å². The Balaban J connectivity index is 1.53. The third kappa shape index (κ3) is 2.86. The van der Waals surface area contributed by atoms with Crippen molar-refractivity contribution in [1.29, 1.82) is 0 Å². The van der Waals surface area contributed by atoms with Crippen molar-refractivity contribution < 1.29 is 17.6 Å². The Morgan fingerprint density at radius 2 is 1.79 bits per heavy atom. The molecule has 1 aliphatic carbocycles. The Bertz CT molecular complexity index is 1090. The lowest BCUT2D eigenvalue weighted by Gasteiger charge is -2.25. The van der Waals surface area contributed by atoms with Gasteiger partial charge in [0.25, 0.3) is 5.91 Å². The molecule has 0 bridgehead atoms. The summed E-state index contributed by atoms with van der Waals surface area (Å²) in [5.74, 6) is -0.317. The summed E-state index contributed by atoms with van der Waals surface area (Å²) < 4.78 is 40.7. The molecule has 7 heteroatoms. The van der Waals surface area contributed by atoms with Crippen LogP contribution >= 0.6 is 0 Å². The number of amides is 1. The molecule has 0 unspecified atom stereocenters. The number of hydrogen-bond donors (Lipinski definition) is 0. The summed E-state index contributed by atoms with van der Waals surface area (Å²) in [5, 5.41) is 0. The van der Waals surface area contributed by atoms with E-state index in [0.29, 0.717) is 42.0 Å². The van der Waals surface area contributed by atoms with Gasteiger partial charge in [-0.15, -0.1) is 0 Å². The molecule has 5 rings (SSSR count). The van der Waals surface area contributed by atoms with Gasteiger partial charge in [0.2, 0.25) is 10.0 Å². The van der Waals surface area contributed by atoms with E-state index in [9.17, 15) is 17.6 Å². The van der Waals surface area contributed by atoms with Crippen LogP contribution in [-0.2, 0) is 15.4 Å². The van der Waals surface area contributed by atoms with Crippen molar-refractivity contribution in [3.05, 3.63) is 59.4 Å². The average molecular weight is 415 g/mol. The van der Waals surface area contributed by atoms with E-state index in [1.807, 2.05) is 6.07 Å². The van der Waals surface area contributed by atoms with Crippen molar-refractivity contribution >= 4 is 27.3 Å². The van der Waals surface area contributed by atoms with Gasteiger partial charge in [-0.25, -0.2) is 12.8 Å². The van der Waals surface area contributed by atoms with E-state index in [4.69, 9.17) is 0 Å². The van der Waals surface area contributed by atoms with Crippen LogP contribution in [0.3, 0.4) is 0 Å². The topological polar surface area (TPSA) is 57.7 Å². The molecule has 0 atom stereocenters. The quantitative estimate of drug-likeness (QED) is 0.750. The zero-order valence-corrected chi connectivity index (χ0v) is 16.9. The molecule has 1 saturated carbocycles. The van der Waals surface area contributed by atoms with Gasteiger partial charge in [-0.1, -0.05) is 25.0 Å². The van der Waals surface area contributed by atoms with E-state index in [0.717, 1.165) is 25.7 Å². The maximum atomic E-state index is 14.8. The molecule has 29 heavy (non-hydrogen) atoms. The molecule has 2 aromatic rings. The van der Waals surface area contributed by atoms with Gasteiger partial charge >= 0.3 is 0 Å². The molecule has 1 amide bonds. The summed E-state index contributed by atoms with van der Waals surface area (Å²) in [5.41, 5.74) is 1.96. The number of benzene rings is 2. The minimum absolute atomic E-state index is 0.131. The van der Waals surface area contributed by atoms with Crippen LogP contribution in [0.2, 0.25) is 0 Å². The van der Waals surface area contributed by atoms with Gasteiger partial charge in [0.05, 0.1) is 17.1 Å². The molecule has 3 aliphatic rings. The van der Waals surface area contributed by atoms with Crippen LogP contribution in [0, 0.1) is 5.82 Å². The SMILES string of the molecule is O=C(c1cccc(N2CCCS2(=O)=O)c1)N1CC2(CCCC2)c2c(F)cccc21. The second-order valence-electron chi connectivity index (χ2n) is 8.30. The van der Waals surface area contributed by atoms with E-state index >= 15 is 0 Å². The largest absolute Gasteiger partial charge is 0.307 e. The Hall–Kier alpha value is -2.41. The van der Waals surface area contributed by atoms with E-state index < -0.39 is 10.0 Å². The lowest BCUT2D eigenvalue weighted by Crippen LogP contribution is -2.35. The summed E-state index contributed by atoms with van der Waals surface area (Å²) in [6.45, 7) is 0.912. The minimum Gasteiger partial charge on any atom is -0.307 e. The first-order valence-electron chi connectivity index (χ1n) is 10.1. The van der Waals surface area contributed by atoms with E-state index in [2.05, 4.69) is 0 Å². The minimum atomic E-state index is -3.32. The van der Waals surface area contributed by atoms with E-state index in [1.54, 1.807) is 35.2 Å². The van der Waals surface area contributed by atoms with Crippen LogP contribution < -0.4 is 9.21 Å². The predicted molar refractivity (Wildman–Crippen MR) is 110 cm³/mol. The van der Waals surface area contributed by atoms with Crippen LogP contribution in [0.1, 0.15) is 48.0 Å². The fourth-order valence-corrected chi connectivity index (χ4v) is 6.81. The highest BCUT2D eigenvalue weighted by Crippen LogP contribution is 2.51. The number of halogens is 1. The second-order valence-corrected chi connectivity index (χ2v) is 10.3.